The van der Waals surface area contributed by atoms with E-state index in [0.717, 1.165) is 32.4 Å². The second-order valence-corrected chi connectivity index (χ2v) is 6.58. The molecule has 0 radical (unpaired) electrons. The molecule has 0 aromatic heterocycles. The maximum Gasteiger partial charge on any atom is 0.222 e. The zero-order chi connectivity index (χ0) is 13.8. The van der Waals surface area contributed by atoms with Crippen LogP contribution in [-0.2, 0) is 4.79 Å². The van der Waals surface area contributed by atoms with Crippen molar-refractivity contribution in [1.82, 2.24) is 4.90 Å². The summed E-state index contributed by atoms with van der Waals surface area (Å²) in [6.07, 6.45) is 6.17. The molecule has 1 aliphatic rings. The van der Waals surface area contributed by atoms with Crippen LogP contribution in [0.15, 0.2) is 0 Å². The average Bonchev–Trinajstić information content (AvgIpc) is 2.35. The number of carbonyl (C=O) groups is 1. The largest absolute Gasteiger partial charge is 0.343 e. The molecule has 0 aliphatic carbocycles. The fraction of sp³-hybridized carbons (Fsp3) is 0.933. The van der Waals surface area contributed by atoms with Gasteiger partial charge in [-0.25, -0.2) is 0 Å². The van der Waals surface area contributed by atoms with Crippen LogP contribution < -0.4 is 5.73 Å². The molecule has 1 heterocycles. The highest BCUT2D eigenvalue weighted by atomic mass is 16.2. The minimum Gasteiger partial charge on any atom is -0.343 e. The number of carbonyl (C=O) groups excluding carboxylic acids is 1. The van der Waals surface area contributed by atoms with Gasteiger partial charge in [0.1, 0.15) is 0 Å². The number of amides is 1. The zero-order valence-electron chi connectivity index (χ0n) is 12.6. The summed E-state index contributed by atoms with van der Waals surface area (Å²) in [5.74, 6) is 0.286. The number of hydrogen-bond donors (Lipinski definition) is 1. The molecule has 0 unspecified atom stereocenters. The van der Waals surface area contributed by atoms with Gasteiger partial charge in [0.15, 0.2) is 0 Å². The molecule has 2 N–H and O–H groups in total. The first-order valence-corrected chi connectivity index (χ1v) is 7.38. The quantitative estimate of drug-likeness (QED) is 0.820. The maximum atomic E-state index is 12.1. The lowest BCUT2D eigenvalue weighted by molar-refractivity contribution is -0.134. The molecule has 106 valence electrons. The summed E-state index contributed by atoms with van der Waals surface area (Å²) in [6.45, 7) is 10.4. The highest BCUT2D eigenvalue weighted by Crippen LogP contribution is 2.38. The standard InChI is InChI=1S/C15H30N2O/c1-5-15(6-2)9-11-17(12-10-15)13(18)7-8-14(3,4)16/h5-12,16H2,1-4H3. The van der Waals surface area contributed by atoms with Gasteiger partial charge >= 0.3 is 0 Å². The summed E-state index contributed by atoms with van der Waals surface area (Å²) >= 11 is 0. The van der Waals surface area contributed by atoms with Gasteiger partial charge in [0.05, 0.1) is 0 Å². The van der Waals surface area contributed by atoms with Crippen molar-refractivity contribution in [1.29, 1.82) is 0 Å². The summed E-state index contributed by atoms with van der Waals surface area (Å²) in [6, 6.07) is 0. The second-order valence-electron chi connectivity index (χ2n) is 6.58. The molecule has 1 fully saturated rings. The van der Waals surface area contributed by atoms with Crippen LogP contribution in [0.3, 0.4) is 0 Å². The van der Waals surface area contributed by atoms with Crippen LogP contribution in [0.5, 0.6) is 0 Å². The first-order valence-electron chi connectivity index (χ1n) is 7.38. The first-order chi connectivity index (χ1) is 8.32. The van der Waals surface area contributed by atoms with Crippen molar-refractivity contribution in [2.45, 2.75) is 71.8 Å². The third-order valence-corrected chi connectivity index (χ3v) is 4.66. The van der Waals surface area contributed by atoms with E-state index in [0.29, 0.717) is 11.8 Å². The monoisotopic (exact) mass is 254 g/mol. The van der Waals surface area contributed by atoms with E-state index in [1.807, 2.05) is 18.7 Å². The number of nitrogens with zero attached hydrogens (tertiary/aromatic N) is 1. The minimum atomic E-state index is -0.234. The molecule has 1 aliphatic heterocycles. The van der Waals surface area contributed by atoms with Gasteiger partial charge in [0.2, 0.25) is 5.91 Å². The Balaban J connectivity index is 2.41. The Kier molecular flexibility index (Phi) is 5.20. The number of piperidine rings is 1. The van der Waals surface area contributed by atoms with E-state index in [2.05, 4.69) is 13.8 Å². The van der Waals surface area contributed by atoms with Gasteiger partial charge in [-0.1, -0.05) is 26.7 Å². The Labute approximate surface area is 112 Å². The van der Waals surface area contributed by atoms with Gasteiger partial charge in [-0.15, -0.1) is 0 Å². The Morgan fingerprint density at radius 1 is 1.22 bits per heavy atom. The van der Waals surface area contributed by atoms with Crippen LogP contribution >= 0.6 is 0 Å². The number of hydrogen-bond acceptors (Lipinski definition) is 2. The van der Waals surface area contributed by atoms with Crippen LogP contribution in [0.1, 0.15) is 66.2 Å². The van der Waals surface area contributed by atoms with Gasteiger partial charge in [-0.3, -0.25) is 4.79 Å². The van der Waals surface area contributed by atoms with Gasteiger partial charge < -0.3 is 10.6 Å². The highest BCUT2D eigenvalue weighted by Gasteiger charge is 2.32. The van der Waals surface area contributed by atoms with E-state index in [1.54, 1.807) is 0 Å². The molecule has 3 heteroatoms. The van der Waals surface area contributed by atoms with Gasteiger partial charge in [-0.05, 0) is 38.5 Å². The smallest absolute Gasteiger partial charge is 0.222 e. The molecular weight excluding hydrogens is 224 g/mol. The molecule has 18 heavy (non-hydrogen) atoms. The fourth-order valence-corrected chi connectivity index (χ4v) is 2.77. The Morgan fingerprint density at radius 3 is 2.11 bits per heavy atom. The average molecular weight is 254 g/mol. The summed E-state index contributed by atoms with van der Waals surface area (Å²) in [4.78, 5) is 14.1. The van der Waals surface area contributed by atoms with E-state index in [9.17, 15) is 4.79 Å². The lowest BCUT2D eigenvalue weighted by Gasteiger charge is -2.41. The lowest BCUT2D eigenvalue weighted by atomic mass is 9.74. The number of likely N-dealkylation sites (tertiary alicyclic amines) is 1. The lowest BCUT2D eigenvalue weighted by Crippen LogP contribution is -2.43. The van der Waals surface area contributed by atoms with E-state index in [4.69, 9.17) is 5.73 Å². The Morgan fingerprint density at radius 2 is 1.72 bits per heavy atom. The third-order valence-electron chi connectivity index (χ3n) is 4.66. The van der Waals surface area contributed by atoms with E-state index < -0.39 is 0 Å². The van der Waals surface area contributed by atoms with E-state index in [1.165, 1.54) is 12.8 Å². The maximum absolute atomic E-state index is 12.1. The predicted molar refractivity (Wildman–Crippen MR) is 76.3 cm³/mol. The summed E-state index contributed by atoms with van der Waals surface area (Å²) in [5.41, 5.74) is 6.18. The van der Waals surface area contributed by atoms with Crippen LogP contribution in [0.4, 0.5) is 0 Å². The SMILES string of the molecule is CCC1(CC)CCN(C(=O)CCC(C)(C)N)CC1. The molecule has 0 aromatic carbocycles. The minimum absolute atomic E-state index is 0.234. The van der Waals surface area contributed by atoms with Gasteiger partial charge in [-0.2, -0.15) is 0 Å². The molecule has 1 saturated heterocycles. The number of nitrogens with two attached hydrogens (primary N) is 1. The molecule has 3 nitrogen and oxygen atoms in total. The molecule has 0 bridgehead atoms. The molecular formula is C15H30N2O. The van der Waals surface area contributed by atoms with Crippen molar-refractivity contribution < 1.29 is 4.79 Å². The molecule has 0 spiro atoms. The fourth-order valence-electron chi connectivity index (χ4n) is 2.77. The van der Waals surface area contributed by atoms with Crippen LogP contribution in [0.25, 0.3) is 0 Å². The summed E-state index contributed by atoms with van der Waals surface area (Å²) < 4.78 is 0. The first kappa shape index (κ1) is 15.5. The zero-order valence-corrected chi connectivity index (χ0v) is 12.6. The van der Waals surface area contributed by atoms with Crippen LogP contribution in [-0.4, -0.2) is 29.4 Å². The summed E-state index contributed by atoms with van der Waals surface area (Å²) in [7, 11) is 0. The molecule has 0 saturated carbocycles. The van der Waals surface area contributed by atoms with Crippen molar-refractivity contribution in [3.05, 3.63) is 0 Å². The van der Waals surface area contributed by atoms with Crippen LogP contribution in [0.2, 0.25) is 0 Å². The molecule has 1 rings (SSSR count). The third kappa shape index (κ3) is 4.27. The number of rotatable bonds is 5. The highest BCUT2D eigenvalue weighted by molar-refractivity contribution is 5.76. The molecule has 0 atom stereocenters. The van der Waals surface area contributed by atoms with Crippen molar-refractivity contribution >= 4 is 5.91 Å². The van der Waals surface area contributed by atoms with Gasteiger partial charge in [0, 0.05) is 25.0 Å². The van der Waals surface area contributed by atoms with Crippen molar-refractivity contribution in [3.8, 4) is 0 Å². The van der Waals surface area contributed by atoms with Crippen molar-refractivity contribution in [2.24, 2.45) is 11.1 Å². The topological polar surface area (TPSA) is 46.3 Å². The predicted octanol–water partition coefficient (Wildman–Crippen LogP) is 2.93. The van der Waals surface area contributed by atoms with Gasteiger partial charge in [0.25, 0.3) is 0 Å². The summed E-state index contributed by atoms with van der Waals surface area (Å²) in [5, 5.41) is 0. The second kappa shape index (κ2) is 6.05. The molecule has 0 aromatic rings. The van der Waals surface area contributed by atoms with E-state index in [-0.39, 0.29) is 11.4 Å². The Hall–Kier alpha value is -0.570. The van der Waals surface area contributed by atoms with Crippen molar-refractivity contribution in [2.75, 3.05) is 13.1 Å². The van der Waals surface area contributed by atoms with Crippen molar-refractivity contribution in [3.63, 3.8) is 0 Å². The Bertz CT molecular complexity index is 267. The molecule has 1 amide bonds. The van der Waals surface area contributed by atoms with Crippen LogP contribution in [0, 0.1) is 5.41 Å². The normalized spacial score (nSPS) is 19.9. The van der Waals surface area contributed by atoms with E-state index >= 15 is 0 Å².